The highest BCUT2D eigenvalue weighted by atomic mass is 16.5. The molecular formula is C19H27NO4. The summed E-state index contributed by atoms with van der Waals surface area (Å²) in [5.74, 6) is 0.215. The molecule has 1 aliphatic rings. The molecule has 0 bridgehead atoms. The maximum absolute atomic E-state index is 11.6. The molecule has 1 saturated carbocycles. The van der Waals surface area contributed by atoms with Crippen LogP contribution in [0.2, 0.25) is 0 Å². The van der Waals surface area contributed by atoms with Crippen LogP contribution in [0.1, 0.15) is 45.6 Å². The Morgan fingerprint density at radius 3 is 2.38 bits per heavy atom. The Morgan fingerprint density at radius 1 is 1.17 bits per heavy atom. The summed E-state index contributed by atoms with van der Waals surface area (Å²) in [5.41, 5.74) is 1.36. The molecule has 1 fully saturated rings. The van der Waals surface area contributed by atoms with Gasteiger partial charge >= 0.3 is 5.97 Å². The average Bonchev–Trinajstić information content (AvgIpc) is 2.47. The summed E-state index contributed by atoms with van der Waals surface area (Å²) in [6.45, 7) is 7.02. The first-order valence-corrected chi connectivity index (χ1v) is 8.53. The molecule has 0 unspecified atom stereocenters. The van der Waals surface area contributed by atoms with Gasteiger partial charge in [-0.15, -0.1) is 0 Å². The summed E-state index contributed by atoms with van der Waals surface area (Å²) < 4.78 is 10.6. The molecule has 0 saturated heterocycles. The minimum Gasteiger partial charge on any atom is -0.492 e. The molecule has 5 nitrogen and oxygen atoms in total. The van der Waals surface area contributed by atoms with Crippen LogP contribution in [0, 0.1) is 5.92 Å². The summed E-state index contributed by atoms with van der Waals surface area (Å²) in [5, 5.41) is 2.68. The molecule has 1 aromatic rings. The second kappa shape index (κ2) is 8.18. The van der Waals surface area contributed by atoms with E-state index in [-0.39, 0.29) is 29.8 Å². The fourth-order valence-corrected chi connectivity index (χ4v) is 2.36. The summed E-state index contributed by atoms with van der Waals surface area (Å²) >= 11 is 0. The second-order valence-corrected chi connectivity index (χ2v) is 7.21. The van der Waals surface area contributed by atoms with Crippen molar-refractivity contribution in [1.29, 1.82) is 0 Å². The molecule has 2 rings (SSSR count). The number of carbonyl (C=O) groups is 2. The Morgan fingerprint density at radius 2 is 1.83 bits per heavy atom. The van der Waals surface area contributed by atoms with E-state index in [2.05, 4.69) is 26.1 Å². The number of rotatable bonds is 7. The zero-order valence-corrected chi connectivity index (χ0v) is 14.8. The zero-order valence-electron chi connectivity index (χ0n) is 14.8. The maximum atomic E-state index is 11.6. The number of hydrogen-bond acceptors (Lipinski definition) is 4. The number of esters is 1. The molecule has 1 aromatic carbocycles. The van der Waals surface area contributed by atoms with Gasteiger partial charge in [-0.3, -0.25) is 9.59 Å². The number of nitrogens with one attached hydrogen (secondary N) is 1. The molecule has 0 radical (unpaired) electrons. The molecule has 0 aromatic heterocycles. The Kier molecular flexibility index (Phi) is 6.23. The highest BCUT2D eigenvalue weighted by molar-refractivity contribution is 5.81. The van der Waals surface area contributed by atoms with Crippen molar-refractivity contribution in [3.05, 3.63) is 29.8 Å². The predicted molar refractivity (Wildman–Crippen MR) is 91.9 cm³/mol. The molecule has 1 amide bonds. The van der Waals surface area contributed by atoms with Gasteiger partial charge in [-0.25, -0.2) is 0 Å². The van der Waals surface area contributed by atoms with Crippen LogP contribution in [0.15, 0.2) is 24.3 Å². The third-order valence-electron chi connectivity index (χ3n) is 4.20. The van der Waals surface area contributed by atoms with E-state index in [1.165, 1.54) is 5.56 Å². The van der Waals surface area contributed by atoms with E-state index in [0.29, 0.717) is 13.2 Å². The van der Waals surface area contributed by atoms with E-state index in [0.717, 1.165) is 25.0 Å². The number of hydrogen-bond donors (Lipinski definition) is 1. The maximum Gasteiger partial charge on any atom is 0.309 e. The molecule has 0 spiro atoms. The minimum atomic E-state index is -0.297. The molecule has 5 heteroatoms. The highest BCUT2D eigenvalue weighted by Crippen LogP contribution is 2.27. The Labute approximate surface area is 143 Å². The lowest BCUT2D eigenvalue weighted by Crippen LogP contribution is -2.34. The van der Waals surface area contributed by atoms with E-state index in [9.17, 15) is 9.59 Å². The van der Waals surface area contributed by atoms with Crippen LogP contribution in [0.5, 0.6) is 5.75 Å². The lowest BCUT2D eigenvalue weighted by Gasteiger charge is -2.22. The van der Waals surface area contributed by atoms with Crippen LogP contribution in [-0.2, 0) is 19.7 Å². The average molecular weight is 333 g/mol. The van der Waals surface area contributed by atoms with E-state index < -0.39 is 0 Å². The number of ether oxygens (including phenoxy) is 2. The molecule has 1 aliphatic carbocycles. The van der Waals surface area contributed by atoms with Gasteiger partial charge in [-0.05, 0) is 36.0 Å². The van der Waals surface area contributed by atoms with Crippen LogP contribution < -0.4 is 10.1 Å². The van der Waals surface area contributed by atoms with Crippen molar-refractivity contribution >= 4 is 11.9 Å². The molecular weight excluding hydrogens is 306 g/mol. The van der Waals surface area contributed by atoms with Crippen molar-refractivity contribution < 1.29 is 19.1 Å². The quantitative estimate of drug-likeness (QED) is 0.615. The normalized spacial score (nSPS) is 14.6. The van der Waals surface area contributed by atoms with Crippen LogP contribution in [0.3, 0.4) is 0 Å². The number of benzene rings is 1. The van der Waals surface area contributed by atoms with Gasteiger partial charge in [-0.1, -0.05) is 39.3 Å². The van der Waals surface area contributed by atoms with Gasteiger partial charge in [0.2, 0.25) is 0 Å². The Hall–Kier alpha value is -2.04. The Balaban J connectivity index is 1.60. The second-order valence-electron chi connectivity index (χ2n) is 7.21. The molecule has 0 atom stereocenters. The van der Waals surface area contributed by atoms with Gasteiger partial charge in [0.05, 0.1) is 12.5 Å². The van der Waals surface area contributed by atoms with Crippen molar-refractivity contribution in [2.45, 2.75) is 45.4 Å². The lowest BCUT2D eigenvalue weighted by atomic mass is 9.86. The van der Waals surface area contributed by atoms with Crippen molar-refractivity contribution in [2.24, 2.45) is 5.92 Å². The summed E-state index contributed by atoms with van der Waals surface area (Å²) in [4.78, 5) is 23.1. The first-order valence-electron chi connectivity index (χ1n) is 8.53. The van der Waals surface area contributed by atoms with Gasteiger partial charge in [0.25, 0.3) is 5.91 Å². The number of amides is 1. The third-order valence-corrected chi connectivity index (χ3v) is 4.20. The molecule has 0 aliphatic heterocycles. The monoisotopic (exact) mass is 333 g/mol. The minimum absolute atomic E-state index is 0.00259. The molecule has 24 heavy (non-hydrogen) atoms. The van der Waals surface area contributed by atoms with E-state index in [1.54, 1.807) is 0 Å². The van der Waals surface area contributed by atoms with Gasteiger partial charge in [0, 0.05) is 0 Å². The fraction of sp³-hybridized carbons (Fsp3) is 0.579. The van der Waals surface area contributed by atoms with Gasteiger partial charge in [0.1, 0.15) is 12.4 Å². The van der Waals surface area contributed by atoms with E-state index >= 15 is 0 Å². The van der Waals surface area contributed by atoms with Crippen LogP contribution >= 0.6 is 0 Å². The molecule has 0 heterocycles. The topological polar surface area (TPSA) is 64.6 Å². The third kappa shape index (κ3) is 5.55. The fourth-order valence-electron chi connectivity index (χ4n) is 2.36. The first kappa shape index (κ1) is 18.3. The zero-order chi connectivity index (χ0) is 17.6. The predicted octanol–water partition coefficient (Wildman–Crippen LogP) is 2.82. The highest BCUT2D eigenvalue weighted by Gasteiger charge is 2.26. The van der Waals surface area contributed by atoms with Gasteiger partial charge < -0.3 is 14.8 Å². The van der Waals surface area contributed by atoms with E-state index in [4.69, 9.17) is 9.47 Å². The standard InChI is InChI=1S/C19H27NO4/c1-19(2,3)15-7-9-16(10-8-15)23-12-11-20-17(21)13-24-18(22)14-5-4-6-14/h7-10,14H,4-6,11-13H2,1-3H3,(H,20,21). The van der Waals surface area contributed by atoms with Gasteiger partial charge in [0.15, 0.2) is 6.61 Å². The van der Waals surface area contributed by atoms with Crippen molar-refractivity contribution in [1.82, 2.24) is 5.32 Å². The van der Waals surface area contributed by atoms with Crippen molar-refractivity contribution in [2.75, 3.05) is 19.8 Å². The first-order chi connectivity index (χ1) is 11.4. The van der Waals surface area contributed by atoms with Crippen molar-refractivity contribution in [3.8, 4) is 5.75 Å². The number of carbonyl (C=O) groups excluding carboxylic acids is 2. The smallest absolute Gasteiger partial charge is 0.309 e. The summed E-state index contributed by atoms with van der Waals surface area (Å²) in [7, 11) is 0. The molecule has 132 valence electrons. The largest absolute Gasteiger partial charge is 0.492 e. The van der Waals surface area contributed by atoms with Crippen LogP contribution in [0.4, 0.5) is 0 Å². The van der Waals surface area contributed by atoms with E-state index in [1.807, 2.05) is 24.3 Å². The van der Waals surface area contributed by atoms with Crippen LogP contribution in [0.25, 0.3) is 0 Å². The summed E-state index contributed by atoms with van der Waals surface area (Å²) in [6.07, 6.45) is 2.82. The molecule has 1 N–H and O–H groups in total. The van der Waals surface area contributed by atoms with Gasteiger partial charge in [-0.2, -0.15) is 0 Å². The Bertz CT molecular complexity index is 556. The van der Waals surface area contributed by atoms with Crippen molar-refractivity contribution in [3.63, 3.8) is 0 Å². The van der Waals surface area contributed by atoms with Crippen LogP contribution in [-0.4, -0.2) is 31.6 Å². The SMILES string of the molecule is CC(C)(C)c1ccc(OCCNC(=O)COC(=O)C2CCC2)cc1. The lowest BCUT2D eigenvalue weighted by molar-refractivity contribution is -0.155. The summed E-state index contributed by atoms with van der Waals surface area (Å²) in [6, 6.07) is 7.97.